The van der Waals surface area contributed by atoms with E-state index in [1.54, 1.807) is 14.2 Å². The first-order chi connectivity index (χ1) is 6.76. The molecule has 0 radical (unpaired) electrons. The highest BCUT2D eigenvalue weighted by molar-refractivity contribution is 14.1. The Kier molecular flexibility index (Phi) is 5.29. The third kappa shape index (κ3) is 2.65. The van der Waals surface area contributed by atoms with E-state index in [9.17, 15) is 0 Å². The second-order valence-electron chi connectivity index (χ2n) is 2.74. The lowest BCUT2D eigenvalue weighted by molar-refractivity contribution is 0.398. The molecule has 0 amide bonds. The van der Waals surface area contributed by atoms with Crippen molar-refractivity contribution in [2.45, 2.75) is 8.86 Å². The second kappa shape index (κ2) is 5.99. The normalized spacial score (nSPS) is 10.0. The van der Waals surface area contributed by atoms with Crippen molar-refractivity contribution >= 4 is 45.2 Å². The molecule has 0 saturated carbocycles. The minimum Gasteiger partial charge on any atom is -0.496 e. The first kappa shape index (κ1) is 12.4. The molecule has 2 nitrogen and oxygen atoms in total. The zero-order valence-corrected chi connectivity index (χ0v) is 12.5. The minimum atomic E-state index is 0.929. The quantitative estimate of drug-likeness (QED) is 0.550. The van der Waals surface area contributed by atoms with Crippen molar-refractivity contribution in [3.63, 3.8) is 0 Å². The Hall–Kier alpha value is 0.280. The number of halogens is 2. The number of benzene rings is 1. The average Bonchev–Trinajstić information content (AvgIpc) is 2.26. The van der Waals surface area contributed by atoms with Gasteiger partial charge in [-0.15, -0.1) is 0 Å². The van der Waals surface area contributed by atoms with Crippen LogP contribution in [0.1, 0.15) is 11.1 Å². The number of hydrogen-bond donors (Lipinski definition) is 0. The van der Waals surface area contributed by atoms with Gasteiger partial charge in [0.25, 0.3) is 0 Å². The van der Waals surface area contributed by atoms with Crippen molar-refractivity contribution in [2.75, 3.05) is 14.2 Å². The molecule has 0 aromatic heterocycles. The van der Waals surface area contributed by atoms with Gasteiger partial charge in [0, 0.05) is 20.0 Å². The molecule has 14 heavy (non-hydrogen) atoms. The van der Waals surface area contributed by atoms with Crippen molar-refractivity contribution in [1.29, 1.82) is 0 Å². The predicted octanol–water partition coefficient (Wildman–Crippen LogP) is 3.57. The molecule has 1 rings (SSSR count). The van der Waals surface area contributed by atoms with E-state index in [1.165, 1.54) is 11.1 Å². The third-order valence-corrected chi connectivity index (χ3v) is 3.61. The summed E-state index contributed by atoms with van der Waals surface area (Å²) >= 11 is 4.64. The molecule has 1 aromatic carbocycles. The van der Waals surface area contributed by atoms with Crippen molar-refractivity contribution in [2.24, 2.45) is 0 Å². The predicted molar refractivity (Wildman–Crippen MR) is 75.0 cm³/mol. The zero-order chi connectivity index (χ0) is 10.6. The first-order valence-corrected chi connectivity index (χ1v) is 7.17. The monoisotopic (exact) mass is 418 g/mol. The smallest absolute Gasteiger partial charge is 0.123 e. The first-order valence-electron chi connectivity index (χ1n) is 4.12. The molecular formula is C10H12I2O2. The zero-order valence-electron chi connectivity index (χ0n) is 8.14. The van der Waals surface area contributed by atoms with E-state index < -0.39 is 0 Å². The Labute approximate surface area is 112 Å². The highest BCUT2D eigenvalue weighted by atomic mass is 127. The van der Waals surface area contributed by atoms with E-state index >= 15 is 0 Å². The molecule has 0 saturated heterocycles. The summed E-state index contributed by atoms with van der Waals surface area (Å²) in [6.07, 6.45) is 0. The van der Waals surface area contributed by atoms with Crippen molar-refractivity contribution in [1.82, 2.24) is 0 Å². The highest BCUT2D eigenvalue weighted by Crippen LogP contribution is 2.31. The number of methoxy groups -OCH3 is 2. The van der Waals surface area contributed by atoms with Crippen LogP contribution >= 0.6 is 45.2 Å². The maximum Gasteiger partial charge on any atom is 0.123 e. The maximum atomic E-state index is 5.31. The molecule has 0 aliphatic rings. The van der Waals surface area contributed by atoms with Gasteiger partial charge in [0.1, 0.15) is 11.5 Å². The van der Waals surface area contributed by atoms with Crippen molar-refractivity contribution in [3.8, 4) is 11.5 Å². The number of hydrogen-bond acceptors (Lipinski definition) is 2. The fraction of sp³-hybridized carbons (Fsp3) is 0.400. The summed E-state index contributed by atoms with van der Waals surface area (Å²) in [7, 11) is 3.41. The van der Waals surface area contributed by atoms with E-state index in [-0.39, 0.29) is 0 Å². The van der Waals surface area contributed by atoms with E-state index in [0.29, 0.717) is 0 Å². The Morgan fingerprint density at radius 1 is 0.929 bits per heavy atom. The van der Waals surface area contributed by atoms with Gasteiger partial charge in [0.15, 0.2) is 0 Å². The summed E-state index contributed by atoms with van der Waals surface area (Å²) in [4.78, 5) is 0. The fourth-order valence-electron chi connectivity index (χ4n) is 1.23. The topological polar surface area (TPSA) is 18.5 Å². The van der Waals surface area contributed by atoms with Gasteiger partial charge in [-0.25, -0.2) is 0 Å². The van der Waals surface area contributed by atoms with Crippen LogP contribution in [0.2, 0.25) is 0 Å². The number of alkyl halides is 2. The molecule has 4 heteroatoms. The lowest BCUT2D eigenvalue weighted by atomic mass is 10.1. The van der Waals surface area contributed by atoms with Crippen LogP contribution in [0.5, 0.6) is 11.5 Å². The Bertz CT molecular complexity index is 255. The molecule has 0 spiro atoms. The Morgan fingerprint density at radius 2 is 1.29 bits per heavy atom. The third-order valence-electron chi connectivity index (χ3n) is 1.97. The molecule has 0 unspecified atom stereocenters. The number of rotatable bonds is 4. The van der Waals surface area contributed by atoms with Crippen molar-refractivity contribution < 1.29 is 9.47 Å². The molecule has 0 fully saturated rings. The molecule has 0 N–H and O–H groups in total. The van der Waals surface area contributed by atoms with Crippen LogP contribution < -0.4 is 9.47 Å². The molecule has 78 valence electrons. The average molecular weight is 418 g/mol. The maximum absolute atomic E-state index is 5.31. The van der Waals surface area contributed by atoms with Crippen LogP contribution in [0.4, 0.5) is 0 Å². The molecule has 0 aliphatic carbocycles. The molecule has 0 heterocycles. The van der Waals surface area contributed by atoms with E-state index in [1.807, 2.05) is 0 Å². The van der Waals surface area contributed by atoms with E-state index in [0.717, 1.165) is 20.4 Å². The van der Waals surface area contributed by atoms with Crippen LogP contribution in [0.25, 0.3) is 0 Å². The molecule has 0 bridgehead atoms. The van der Waals surface area contributed by atoms with Crippen LogP contribution in [-0.4, -0.2) is 14.2 Å². The summed E-state index contributed by atoms with van der Waals surface area (Å²) in [5.41, 5.74) is 2.36. The summed E-state index contributed by atoms with van der Waals surface area (Å²) in [6.45, 7) is 0. The highest BCUT2D eigenvalue weighted by Gasteiger charge is 2.09. The Balaban J connectivity index is 3.20. The lowest BCUT2D eigenvalue weighted by Crippen LogP contribution is -1.95. The van der Waals surface area contributed by atoms with Crippen LogP contribution in [0.15, 0.2) is 12.1 Å². The van der Waals surface area contributed by atoms with Crippen LogP contribution in [-0.2, 0) is 8.86 Å². The van der Waals surface area contributed by atoms with Gasteiger partial charge in [-0.05, 0) is 12.1 Å². The van der Waals surface area contributed by atoms with E-state index in [2.05, 4.69) is 57.3 Å². The van der Waals surface area contributed by atoms with Gasteiger partial charge in [-0.1, -0.05) is 45.2 Å². The van der Waals surface area contributed by atoms with Gasteiger partial charge in [0.05, 0.1) is 14.2 Å². The van der Waals surface area contributed by atoms with Gasteiger partial charge in [-0.2, -0.15) is 0 Å². The van der Waals surface area contributed by atoms with Crippen LogP contribution in [0.3, 0.4) is 0 Å². The molecular weight excluding hydrogens is 406 g/mol. The van der Waals surface area contributed by atoms with E-state index in [4.69, 9.17) is 9.47 Å². The minimum absolute atomic E-state index is 0.929. The standard InChI is InChI=1S/C10H12I2O2/c1-13-9-3-8(6-12)10(14-2)4-7(9)5-11/h3-4H,5-6H2,1-2H3. The largest absolute Gasteiger partial charge is 0.496 e. The fourth-order valence-corrected chi connectivity index (χ4v) is 2.43. The van der Waals surface area contributed by atoms with Gasteiger partial charge >= 0.3 is 0 Å². The molecule has 0 aliphatic heterocycles. The van der Waals surface area contributed by atoms with Gasteiger partial charge < -0.3 is 9.47 Å². The molecule has 0 atom stereocenters. The number of ether oxygens (including phenoxy) is 2. The molecule has 1 aromatic rings. The van der Waals surface area contributed by atoms with Crippen molar-refractivity contribution in [3.05, 3.63) is 23.3 Å². The van der Waals surface area contributed by atoms with Gasteiger partial charge in [0.2, 0.25) is 0 Å². The second-order valence-corrected chi connectivity index (χ2v) is 4.27. The summed E-state index contributed by atoms with van der Waals surface area (Å²) in [6, 6.07) is 4.11. The lowest BCUT2D eigenvalue weighted by Gasteiger charge is -2.12. The van der Waals surface area contributed by atoms with Crippen LogP contribution in [0, 0.1) is 0 Å². The summed E-state index contributed by atoms with van der Waals surface area (Å²) in [5.74, 6) is 1.90. The SMILES string of the molecule is COc1cc(CI)c(OC)cc1CI. The Morgan fingerprint density at radius 3 is 1.50 bits per heavy atom. The summed E-state index contributed by atoms with van der Waals surface area (Å²) in [5, 5.41) is 0. The summed E-state index contributed by atoms with van der Waals surface area (Å²) < 4.78 is 12.5. The van der Waals surface area contributed by atoms with Gasteiger partial charge in [-0.3, -0.25) is 0 Å².